The molecule has 2 aliphatic rings. The van der Waals surface area contributed by atoms with Crippen molar-refractivity contribution in [2.45, 2.75) is 51.2 Å². The standard InChI is InChI=1S/C16H19BrN2O3S/c1-9-13(15(20)22-10-5-3-2-4-6-10)14(19-16(21)18-9)11-7-8-12(17)23-11/h7-8,10,14H,2-6H2,1H3,(H2,18,19,21)/t14-/m1/s1. The van der Waals surface area contributed by atoms with E-state index in [4.69, 9.17) is 4.74 Å². The zero-order valence-electron chi connectivity index (χ0n) is 12.9. The van der Waals surface area contributed by atoms with E-state index in [1.54, 1.807) is 6.92 Å². The molecule has 0 unspecified atom stereocenters. The zero-order chi connectivity index (χ0) is 16.4. The van der Waals surface area contributed by atoms with Crippen LogP contribution in [0, 0.1) is 0 Å². The van der Waals surface area contributed by atoms with E-state index < -0.39 is 6.04 Å². The van der Waals surface area contributed by atoms with Gasteiger partial charge in [0.1, 0.15) is 6.10 Å². The van der Waals surface area contributed by atoms with Crippen LogP contribution in [0.2, 0.25) is 0 Å². The Bertz CT molecular complexity index is 650. The number of carbonyl (C=O) groups excluding carboxylic acids is 2. The summed E-state index contributed by atoms with van der Waals surface area (Å²) >= 11 is 4.92. The van der Waals surface area contributed by atoms with Crippen LogP contribution in [0.25, 0.3) is 0 Å². The van der Waals surface area contributed by atoms with E-state index in [9.17, 15) is 9.59 Å². The first-order chi connectivity index (χ1) is 11.0. The Morgan fingerprint density at radius 1 is 1.30 bits per heavy atom. The summed E-state index contributed by atoms with van der Waals surface area (Å²) < 4.78 is 6.66. The fraction of sp³-hybridized carbons (Fsp3) is 0.500. The quantitative estimate of drug-likeness (QED) is 0.755. The Balaban J connectivity index is 1.84. The van der Waals surface area contributed by atoms with Gasteiger partial charge < -0.3 is 15.4 Å². The van der Waals surface area contributed by atoms with Crippen molar-refractivity contribution < 1.29 is 14.3 Å². The minimum absolute atomic E-state index is 0.00935. The van der Waals surface area contributed by atoms with Gasteiger partial charge in [-0.25, -0.2) is 9.59 Å². The molecule has 1 fully saturated rings. The van der Waals surface area contributed by atoms with Gasteiger partial charge in [-0.05, 0) is 60.7 Å². The maximum absolute atomic E-state index is 12.7. The molecule has 1 aromatic heterocycles. The molecule has 1 saturated carbocycles. The summed E-state index contributed by atoms with van der Waals surface area (Å²) in [6.45, 7) is 1.74. The summed E-state index contributed by atoms with van der Waals surface area (Å²) in [5.74, 6) is -0.337. The van der Waals surface area contributed by atoms with Gasteiger partial charge in [0.2, 0.25) is 0 Å². The van der Waals surface area contributed by atoms with Crippen LogP contribution in [0.15, 0.2) is 27.2 Å². The summed E-state index contributed by atoms with van der Waals surface area (Å²) in [7, 11) is 0. The molecule has 1 aliphatic carbocycles. The minimum atomic E-state index is -0.462. The summed E-state index contributed by atoms with van der Waals surface area (Å²) in [5, 5.41) is 5.50. The first kappa shape index (κ1) is 16.5. The molecule has 1 atom stereocenters. The van der Waals surface area contributed by atoms with Gasteiger partial charge >= 0.3 is 12.0 Å². The number of esters is 1. The highest BCUT2D eigenvalue weighted by molar-refractivity contribution is 9.11. The molecule has 2 amide bonds. The number of allylic oxidation sites excluding steroid dienone is 1. The molecule has 3 rings (SSSR count). The van der Waals surface area contributed by atoms with E-state index in [0.717, 1.165) is 34.3 Å². The van der Waals surface area contributed by atoms with Crippen molar-refractivity contribution in [1.29, 1.82) is 0 Å². The summed E-state index contributed by atoms with van der Waals surface area (Å²) in [4.78, 5) is 25.4. The number of carbonyl (C=O) groups is 2. The highest BCUT2D eigenvalue weighted by Gasteiger charge is 2.34. The fourth-order valence-electron chi connectivity index (χ4n) is 3.06. The second-order valence-electron chi connectivity index (χ2n) is 5.88. The molecule has 1 aliphatic heterocycles. The van der Waals surface area contributed by atoms with Crippen molar-refractivity contribution in [3.63, 3.8) is 0 Å². The van der Waals surface area contributed by atoms with Gasteiger partial charge in [0.15, 0.2) is 0 Å². The van der Waals surface area contributed by atoms with Crippen LogP contribution in [0.1, 0.15) is 49.9 Å². The average Bonchev–Trinajstić information content (AvgIpc) is 2.93. The second-order valence-corrected chi connectivity index (χ2v) is 8.37. The van der Waals surface area contributed by atoms with E-state index in [0.29, 0.717) is 11.3 Å². The van der Waals surface area contributed by atoms with Crippen LogP contribution in [0.3, 0.4) is 0 Å². The molecule has 2 N–H and O–H groups in total. The SMILES string of the molecule is CC1=C(C(=O)OC2CCCCC2)[C@@H](c2ccc(Br)s2)NC(=O)N1. The van der Waals surface area contributed by atoms with Crippen molar-refractivity contribution in [2.24, 2.45) is 0 Å². The fourth-order valence-corrected chi connectivity index (χ4v) is 4.54. The minimum Gasteiger partial charge on any atom is -0.459 e. The Labute approximate surface area is 147 Å². The maximum Gasteiger partial charge on any atom is 0.338 e. The predicted octanol–water partition coefficient (Wildman–Crippen LogP) is 4.01. The van der Waals surface area contributed by atoms with Gasteiger partial charge in [0.05, 0.1) is 15.4 Å². The summed E-state index contributed by atoms with van der Waals surface area (Å²) in [5.41, 5.74) is 1.05. The molecule has 0 radical (unpaired) electrons. The number of halogens is 1. The molecule has 5 nitrogen and oxygen atoms in total. The molecule has 0 spiro atoms. The first-order valence-electron chi connectivity index (χ1n) is 7.79. The number of urea groups is 1. The van der Waals surface area contributed by atoms with Crippen LogP contribution in [-0.2, 0) is 9.53 Å². The molecule has 0 aromatic carbocycles. The number of rotatable bonds is 3. The number of thiophene rings is 1. The van der Waals surface area contributed by atoms with Crippen LogP contribution in [0.4, 0.5) is 4.79 Å². The largest absolute Gasteiger partial charge is 0.459 e. The molecule has 2 heterocycles. The number of amides is 2. The molecular formula is C16H19BrN2O3S. The third-order valence-electron chi connectivity index (χ3n) is 4.19. The molecule has 23 heavy (non-hydrogen) atoms. The lowest BCUT2D eigenvalue weighted by molar-refractivity contribution is -0.146. The normalized spacial score (nSPS) is 22.5. The Hall–Kier alpha value is -1.34. The van der Waals surface area contributed by atoms with Crippen molar-refractivity contribution in [1.82, 2.24) is 10.6 Å². The van der Waals surface area contributed by atoms with Crippen LogP contribution in [-0.4, -0.2) is 18.1 Å². The smallest absolute Gasteiger partial charge is 0.338 e. The molecular weight excluding hydrogens is 380 g/mol. The van der Waals surface area contributed by atoms with Gasteiger partial charge in [0, 0.05) is 10.6 Å². The number of ether oxygens (including phenoxy) is 1. The zero-order valence-corrected chi connectivity index (χ0v) is 15.3. The Kier molecular flexibility index (Phi) is 5.06. The van der Waals surface area contributed by atoms with E-state index in [1.165, 1.54) is 17.8 Å². The topological polar surface area (TPSA) is 67.4 Å². The Morgan fingerprint density at radius 2 is 2.04 bits per heavy atom. The predicted molar refractivity (Wildman–Crippen MR) is 92.1 cm³/mol. The lowest BCUT2D eigenvalue weighted by Gasteiger charge is -2.29. The third kappa shape index (κ3) is 3.77. The van der Waals surface area contributed by atoms with Crippen LogP contribution < -0.4 is 10.6 Å². The number of hydrogen-bond donors (Lipinski definition) is 2. The first-order valence-corrected chi connectivity index (χ1v) is 9.40. The van der Waals surface area contributed by atoms with E-state index >= 15 is 0 Å². The third-order valence-corrected chi connectivity index (χ3v) is 5.88. The van der Waals surface area contributed by atoms with Crippen molar-refractivity contribution in [2.75, 3.05) is 0 Å². The van der Waals surface area contributed by atoms with Gasteiger partial charge in [-0.15, -0.1) is 11.3 Å². The Morgan fingerprint density at radius 3 is 2.70 bits per heavy atom. The van der Waals surface area contributed by atoms with E-state index in [1.807, 2.05) is 12.1 Å². The van der Waals surface area contributed by atoms with Gasteiger partial charge in [0.25, 0.3) is 0 Å². The van der Waals surface area contributed by atoms with Gasteiger partial charge in [-0.3, -0.25) is 0 Å². The maximum atomic E-state index is 12.7. The summed E-state index contributed by atoms with van der Waals surface area (Å²) in [6, 6.07) is 3.06. The van der Waals surface area contributed by atoms with Crippen molar-refractivity contribution >= 4 is 39.3 Å². The lowest BCUT2D eigenvalue weighted by Crippen LogP contribution is -2.45. The highest BCUT2D eigenvalue weighted by atomic mass is 79.9. The number of nitrogens with one attached hydrogen (secondary N) is 2. The van der Waals surface area contributed by atoms with E-state index in [-0.39, 0.29) is 18.1 Å². The van der Waals surface area contributed by atoms with Crippen molar-refractivity contribution in [3.8, 4) is 0 Å². The lowest BCUT2D eigenvalue weighted by atomic mass is 9.97. The second kappa shape index (κ2) is 7.05. The van der Waals surface area contributed by atoms with Gasteiger partial charge in [-0.1, -0.05) is 6.42 Å². The molecule has 0 bridgehead atoms. The molecule has 124 valence electrons. The molecule has 1 aromatic rings. The summed E-state index contributed by atoms with van der Waals surface area (Å²) in [6.07, 6.45) is 5.25. The molecule has 0 saturated heterocycles. The number of hydrogen-bond acceptors (Lipinski definition) is 4. The highest BCUT2D eigenvalue weighted by Crippen LogP contribution is 2.34. The van der Waals surface area contributed by atoms with Crippen LogP contribution in [0.5, 0.6) is 0 Å². The average molecular weight is 399 g/mol. The molecule has 7 heteroatoms. The monoisotopic (exact) mass is 398 g/mol. The van der Waals surface area contributed by atoms with Crippen LogP contribution >= 0.6 is 27.3 Å². The van der Waals surface area contributed by atoms with Crippen molar-refractivity contribution in [3.05, 3.63) is 32.1 Å². The van der Waals surface area contributed by atoms with E-state index in [2.05, 4.69) is 26.6 Å². The van der Waals surface area contributed by atoms with Gasteiger partial charge in [-0.2, -0.15) is 0 Å².